The standard InChI is InChI=1S/C19H22Cl2N4O/c20-15-6-5-13(11-16(15)21)18-4-2-9-24(18)19(26)17-7-10-25(23-17)14-3-1-8-22-12-14/h5-7,10-11,14,18,22H,1-4,8-9,12H2. The Labute approximate surface area is 163 Å². The zero-order chi connectivity index (χ0) is 18.1. The summed E-state index contributed by atoms with van der Waals surface area (Å²) < 4.78 is 1.93. The van der Waals surface area contributed by atoms with Crippen LogP contribution in [0.3, 0.4) is 0 Å². The molecule has 0 radical (unpaired) electrons. The van der Waals surface area contributed by atoms with E-state index in [1.54, 1.807) is 6.07 Å². The number of nitrogens with zero attached hydrogens (tertiary/aromatic N) is 3. The van der Waals surface area contributed by atoms with Gasteiger partial charge in [0.2, 0.25) is 0 Å². The van der Waals surface area contributed by atoms with Crippen molar-refractivity contribution in [3.63, 3.8) is 0 Å². The van der Waals surface area contributed by atoms with Crippen LogP contribution in [0.5, 0.6) is 0 Å². The molecule has 1 amide bonds. The number of hydrogen-bond acceptors (Lipinski definition) is 3. The van der Waals surface area contributed by atoms with Crippen LogP contribution in [0.2, 0.25) is 10.0 Å². The highest BCUT2D eigenvalue weighted by Gasteiger charge is 2.32. The normalized spacial score (nSPS) is 23.4. The quantitative estimate of drug-likeness (QED) is 0.855. The minimum atomic E-state index is -0.0129. The molecule has 0 spiro atoms. The number of nitrogens with one attached hydrogen (secondary N) is 1. The summed E-state index contributed by atoms with van der Waals surface area (Å²) in [4.78, 5) is 15.0. The summed E-state index contributed by atoms with van der Waals surface area (Å²) in [6.07, 6.45) is 6.06. The van der Waals surface area contributed by atoms with Gasteiger partial charge in [0.1, 0.15) is 5.69 Å². The van der Waals surface area contributed by atoms with Crippen molar-refractivity contribution in [1.82, 2.24) is 20.0 Å². The maximum Gasteiger partial charge on any atom is 0.274 e. The fourth-order valence-electron chi connectivity index (χ4n) is 3.94. The number of likely N-dealkylation sites (tertiary alicyclic amines) is 1. The van der Waals surface area contributed by atoms with E-state index in [4.69, 9.17) is 23.2 Å². The van der Waals surface area contributed by atoms with Crippen molar-refractivity contribution in [3.05, 3.63) is 51.8 Å². The van der Waals surface area contributed by atoms with E-state index in [9.17, 15) is 4.79 Å². The first-order valence-electron chi connectivity index (χ1n) is 9.15. The third-order valence-corrected chi connectivity index (χ3v) is 6.05. The summed E-state index contributed by atoms with van der Waals surface area (Å²) in [6.45, 7) is 2.70. The van der Waals surface area contributed by atoms with Gasteiger partial charge in [0.15, 0.2) is 0 Å². The Morgan fingerprint density at radius 1 is 1.15 bits per heavy atom. The van der Waals surface area contributed by atoms with Gasteiger partial charge < -0.3 is 10.2 Å². The molecule has 0 saturated carbocycles. The Kier molecular flexibility index (Phi) is 5.20. The minimum absolute atomic E-state index is 0.0129. The largest absolute Gasteiger partial charge is 0.330 e. The molecule has 4 rings (SSSR count). The number of carbonyl (C=O) groups is 1. The van der Waals surface area contributed by atoms with Gasteiger partial charge in [-0.15, -0.1) is 0 Å². The van der Waals surface area contributed by atoms with Crippen molar-refractivity contribution in [2.75, 3.05) is 19.6 Å². The molecule has 2 atom stereocenters. The number of amides is 1. The lowest BCUT2D eigenvalue weighted by atomic mass is 10.0. The van der Waals surface area contributed by atoms with Crippen LogP contribution in [0.1, 0.15) is 53.8 Å². The van der Waals surface area contributed by atoms with Crippen LogP contribution in [0, 0.1) is 0 Å². The van der Waals surface area contributed by atoms with Gasteiger partial charge in [-0.05, 0) is 56.0 Å². The highest BCUT2D eigenvalue weighted by atomic mass is 35.5. The van der Waals surface area contributed by atoms with E-state index in [0.717, 1.165) is 50.9 Å². The molecular weight excluding hydrogens is 371 g/mol. The predicted octanol–water partition coefficient (Wildman–Crippen LogP) is 4.09. The molecule has 1 aromatic heterocycles. The molecule has 2 aliphatic heterocycles. The van der Waals surface area contributed by atoms with Crippen molar-refractivity contribution in [1.29, 1.82) is 0 Å². The minimum Gasteiger partial charge on any atom is -0.330 e. The van der Waals surface area contributed by atoms with Gasteiger partial charge in [0.25, 0.3) is 5.91 Å². The lowest BCUT2D eigenvalue weighted by Gasteiger charge is -2.25. The third kappa shape index (κ3) is 3.48. The fraction of sp³-hybridized carbons (Fsp3) is 0.474. The van der Waals surface area contributed by atoms with Crippen LogP contribution in [-0.4, -0.2) is 40.2 Å². The molecule has 7 heteroatoms. The number of benzene rings is 1. The summed E-state index contributed by atoms with van der Waals surface area (Å²) in [5.41, 5.74) is 1.55. The average molecular weight is 393 g/mol. The molecule has 1 N–H and O–H groups in total. The van der Waals surface area contributed by atoms with Crippen molar-refractivity contribution < 1.29 is 4.79 Å². The number of halogens is 2. The molecule has 0 aliphatic carbocycles. The van der Waals surface area contributed by atoms with Crippen LogP contribution in [0.4, 0.5) is 0 Å². The summed E-state index contributed by atoms with van der Waals surface area (Å²) in [5, 5.41) is 9.02. The maximum absolute atomic E-state index is 13.1. The summed E-state index contributed by atoms with van der Waals surface area (Å²) >= 11 is 12.2. The molecular formula is C19H22Cl2N4O. The van der Waals surface area contributed by atoms with E-state index in [1.807, 2.05) is 34.0 Å². The lowest BCUT2D eigenvalue weighted by Crippen LogP contribution is -2.33. The van der Waals surface area contributed by atoms with Gasteiger partial charge >= 0.3 is 0 Å². The number of aromatic nitrogens is 2. The second kappa shape index (κ2) is 7.59. The van der Waals surface area contributed by atoms with Crippen LogP contribution < -0.4 is 5.32 Å². The Balaban J connectivity index is 1.53. The van der Waals surface area contributed by atoms with E-state index in [2.05, 4.69) is 10.4 Å². The van der Waals surface area contributed by atoms with Crippen molar-refractivity contribution in [2.45, 2.75) is 37.8 Å². The predicted molar refractivity (Wildman–Crippen MR) is 103 cm³/mol. The Morgan fingerprint density at radius 3 is 2.81 bits per heavy atom. The lowest BCUT2D eigenvalue weighted by molar-refractivity contribution is 0.0728. The highest BCUT2D eigenvalue weighted by Crippen LogP contribution is 2.35. The third-order valence-electron chi connectivity index (χ3n) is 5.31. The smallest absolute Gasteiger partial charge is 0.274 e. The van der Waals surface area contributed by atoms with Gasteiger partial charge in [0.05, 0.1) is 22.1 Å². The monoisotopic (exact) mass is 392 g/mol. The zero-order valence-electron chi connectivity index (χ0n) is 14.5. The van der Waals surface area contributed by atoms with Crippen LogP contribution in [0.15, 0.2) is 30.5 Å². The number of rotatable bonds is 3. The van der Waals surface area contributed by atoms with Gasteiger partial charge in [-0.1, -0.05) is 29.3 Å². The van der Waals surface area contributed by atoms with Gasteiger partial charge in [-0.3, -0.25) is 9.48 Å². The Morgan fingerprint density at radius 2 is 2.04 bits per heavy atom. The average Bonchev–Trinajstić information content (AvgIpc) is 3.34. The first-order valence-corrected chi connectivity index (χ1v) is 9.91. The first kappa shape index (κ1) is 17.8. The number of piperidine rings is 1. The van der Waals surface area contributed by atoms with E-state index in [-0.39, 0.29) is 11.9 Å². The maximum atomic E-state index is 13.1. The summed E-state index contributed by atoms with van der Waals surface area (Å²) in [6, 6.07) is 7.81. The van der Waals surface area contributed by atoms with Crippen LogP contribution in [-0.2, 0) is 0 Å². The first-order chi connectivity index (χ1) is 12.6. The van der Waals surface area contributed by atoms with Crippen molar-refractivity contribution in [3.8, 4) is 0 Å². The number of carbonyl (C=O) groups excluding carboxylic acids is 1. The zero-order valence-corrected chi connectivity index (χ0v) is 16.0. The molecule has 26 heavy (non-hydrogen) atoms. The molecule has 138 valence electrons. The van der Waals surface area contributed by atoms with Crippen molar-refractivity contribution >= 4 is 29.1 Å². The SMILES string of the molecule is O=C(c1ccn(C2CCCNC2)n1)N1CCCC1c1ccc(Cl)c(Cl)c1. The number of hydrogen-bond donors (Lipinski definition) is 1. The topological polar surface area (TPSA) is 50.2 Å². The van der Waals surface area contributed by atoms with E-state index in [0.29, 0.717) is 21.8 Å². The highest BCUT2D eigenvalue weighted by molar-refractivity contribution is 6.42. The fourth-order valence-corrected chi connectivity index (χ4v) is 4.24. The van der Waals surface area contributed by atoms with Gasteiger partial charge in [-0.2, -0.15) is 5.10 Å². The Hall–Kier alpha value is -1.56. The second-order valence-electron chi connectivity index (χ2n) is 7.01. The molecule has 5 nitrogen and oxygen atoms in total. The van der Waals surface area contributed by atoms with Crippen molar-refractivity contribution in [2.24, 2.45) is 0 Å². The van der Waals surface area contributed by atoms with Crippen LogP contribution in [0.25, 0.3) is 0 Å². The second-order valence-corrected chi connectivity index (χ2v) is 7.83. The molecule has 2 fully saturated rings. The van der Waals surface area contributed by atoms with E-state index >= 15 is 0 Å². The van der Waals surface area contributed by atoms with E-state index in [1.165, 1.54) is 0 Å². The molecule has 2 aliphatic rings. The molecule has 2 unspecified atom stereocenters. The van der Waals surface area contributed by atoms with Gasteiger partial charge in [0, 0.05) is 19.3 Å². The molecule has 2 saturated heterocycles. The van der Waals surface area contributed by atoms with Gasteiger partial charge in [-0.25, -0.2) is 0 Å². The molecule has 0 bridgehead atoms. The summed E-state index contributed by atoms with van der Waals surface area (Å²) in [5.74, 6) is -0.0129. The summed E-state index contributed by atoms with van der Waals surface area (Å²) in [7, 11) is 0. The van der Waals surface area contributed by atoms with Crippen LogP contribution >= 0.6 is 23.2 Å². The Bertz CT molecular complexity index is 801. The van der Waals surface area contributed by atoms with E-state index < -0.39 is 0 Å². The molecule has 1 aromatic carbocycles. The molecule has 2 aromatic rings. The molecule has 3 heterocycles.